The molecule has 1 saturated heterocycles. The van der Waals surface area contributed by atoms with E-state index in [2.05, 4.69) is 22.9 Å². The molecule has 122 valence electrons. The summed E-state index contributed by atoms with van der Waals surface area (Å²) >= 11 is 0. The highest BCUT2D eigenvalue weighted by atomic mass is 35.5. The SMILES string of the molecule is CN1CCN(CCOCCOc2ccccc2C#N)CC1.Cl. The fourth-order valence-electron chi connectivity index (χ4n) is 2.26. The molecule has 1 aliphatic heterocycles. The van der Waals surface area contributed by atoms with E-state index in [1.807, 2.05) is 18.2 Å². The quantitative estimate of drug-likeness (QED) is 0.713. The van der Waals surface area contributed by atoms with E-state index in [4.69, 9.17) is 14.7 Å². The topological polar surface area (TPSA) is 48.7 Å². The Hall–Kier alpha value is -1.32. The number of nitrogens with zero attached hydrogens (tertiary/aromatic N) is 3. The molecule has 0 atom stereocenters. The minimum Gasteiger partial charge on any atom is -0.490 e. The van der Waals surface area contributed by atoms with Gasteiger partial charge in [-0.25, -0.2) is 0 Å². The summed E-state index contributed by atoms with van der Waals surface area (Å²) in [5, 5.41) is 8.95. The highest BCUT2D eigenvalue weighted by Gasteiger charge is 2.12. The van der Waals surface area contributed by atoms with E-state index in [1.54, 1.807) is 6.07 Å². The summed E-state index contributed by atoms with van der Waals surface area (Å²) in [6, 6.07) is 9.38. The first-order valence-corrected chi connectivity index (χ1v) is 7.40. The highest BCUT2D eigenvalue weighted by Crippen LogP contribution is 2.16. The first kappa shape index (κ1) is 18.7. The predicted molar refractivity (Wildman–Crippen MR) is 88.7 cm³/mol. The average Bonchev–Trinajstić information content (AvgIpc) is 2.53. The van der Waals surface area contributed by atoms with Crippen molar-refractivity contribution >= 4 is 12.4 Å². The number of nitriles is 1. The van der Waals surface area contributed by atoms with Gasteiger partial charge < -0.3 is 14.4 Å². The number of benzene rings is 1. The van der Waals surface area contributed by atoms with Gasteiger partial charge in [-0.2, -0.15) is 5.26 Å². The molecular formula is C16H24ClN3O2. The molecule has 1 aliphatic rings. The van der Waals surface area contributed by atoms with Crippen molar-refractivity contribution in [3.63, 3.8) is 0 Å². The fraction of sp³-hybridized carbons (Fsp3) is 0.562. The van der Waals surface area contributed by atoms with Gasteiger partial charge in [0.05, 0.1) is 18.8 Å². The predicted octanol–water partition coefficient (Wildman–Crippen LogP) is 1.62. The van der Waals surface area contributed by atoms with E-state index in [0.717, 1.165) is 39.3 Å². The fourth-order valence-corrected chi connectivity index (χ4v) is 2.26. The molecule has 1 aromatic rings. The monoisotopic (exact) mass is 325 g/mol. The maximum Gasteiger partial charge on any atom is 0.137 e. The lowest BCUT2D eigenvalue weighted by atomic mass is 10.2. The highest BCUT2D eigenvalue weighted by molar-refractivity contribution is 5.85. The molecule has 1 aromatic carbocycles. The Morgan fingerprint density at radius 3 is 2.55 bits per heavy atom. The Morgan fingerprint density at radius 1 is 1.09 bits per heavy atom. The van der Waals surface area contributed by atoms with Gasteiger partial charge in [0.15, 0.2) is 0 Å². The number of halogens is 1. The summed E-state index contributed by atoms with van der Waals surface area (Å²) in [4.78, 5) is 4.77. The number of rotatable bonds is 7. The van der Waals surface area contributed by atoms with Crippen molar-refractivity contribution in [1.29, 1.82) is 5.26 Å². The Morgan fingerprint density at radius 2 is 1.82 bits per heavy atom. The van der Waals surface area contributed by atoms with Crippen molar-refractivity contribution < 1.29 is 9.47 Å². The molecule has 5 nitrogen and oxygen atoms in total. The van der Waals surface area contributed by atoms with E-state index >= 15 is 0 Å². The molecule has 0 amide bonds. The van der Waals surface area contributed by atoms with Gasteiger partial charge in [-0.05, 0) is 19.2 Å². The molecule has 0 radical (unpaired) electrons. The zero-order chi connectivity index (χ0) is 14.9. The van der Waals surface area contributed by atoms with Gasteiger partial charge in [-0.15, -0.1) is 12.4 Å². The lowest BCUT2D eigenvalue weighted by molar-refractivity contribution is 0.0657. The number of likely N-dealkylation sites (N-methyl/N-ethyl adjacent to an activating group) is 1. The maximum absolute atomic E-state index is 8.95. The molecule has 2 rings (SSSR count). The van der Waals surface area contributed by atoms with Crippen molar-refractivity contribution in [2.75, 3.05) is 59.6 Å². The zero-order valence-electron chi connectivity index (χ0n) is 13.0. The standard InChI is InChI=1S/C16H23N3O2.ClH/c1-18-6-8-19(9-7-18)10-11-20-12-13-21-16-5-3-2-4-15(16)14-17;/h2-5H,6-13H2,1H3;1H. The second-order valence-corrected chi connectivity index (χ2v) is 5.21. The summed E-state index contributed by atoms with van der Waals surface area (Å²) in [5.74, 6) is 0.627. The van der Waals surface area contributed by atoms with Crippen LogP contribution in [-0.2, 0) is 4.74 Å². The number of hydrogen-bond donors (Lipinski definition) is 0. The molecule has 0 aromatic heterocycles. The third-order valence-corrected chi connectivity index (χ3v) is 3.64. The maximum atomic E-state index is 8.95. The molecule has 0 aliphatic carbocycles. The molecular weight excluding hydrogens is 302 g/mol. The minimum absolute atomic E-state index is 0. The molecule has 22 heavy (non-hydrogen) atoms. The summed E-state index contributed by atoms with van der Waals surface area (Å²) in [5.41, 5.74) is 0.565. The second kappa shape index (κ2) is 10.4. The molecule has 1 fully saturated rings. The van der Waals surface area contributed by atoms with E-state index < -0.39 is 0 Å². The van der Waals surface area contributed by atoms with Crippen LogP contribution in [0, 0.1) is 11.3 Å². The van der Waals surface area contributed by atoms with Crippen LogP contribution in [0.1, 0.15) is 5.56 Å². The van der Waals surface area contributed by atoms with Gasteiger partial charge in [-0.3, -0.25) is 4.90 Å². The summed E-state index contributed by atoms with van der Waals surface area (Å²) < 4.78 is 11.2. The Bertz CT molecular complexity index is 471. The van der Waals surface area contributed by atoms with Crippen molar-refractivity contribution in [3.05, 3.63) is 29.8 Å². The van der Waals surface area contributed by atoms with Crippen LogP contribution >= 0.6 is 12.4 Å². The second-order valence-electron chi connectivity index (χ2n) is 5.21. The molecule has 0 bridgehead atoms. The molecule has 0 unspecified atom stereocenters. The summed E-state index contributed by atoms with van der Waals surface area (Å²) in [7, 11) is 2.16. The van der Waals surface area contributed by atoms with Crippen LogP contribution in [0.25, 0.3) is 0 Å². The van der Waals surface area contributed by atoms with Crippen LogP contribution in [0.15, 0.2) is 24.3 Å². The van der Waals surface area contributed by atoms with E-state index in [0.29, 0.717) is 24.5 Å². The normalized spacial score (nSPS) is 15.8. The van der Waals surface area contributed by atoms with Crippen molar-refractivity contribution in [3.8, 4) is 11.8 Å². The van der Waals surface area contributed by atoms with Crippen LogP contribution in [0.3, 0.4) is 0 Å². The van der Waals surface area contributed by atoms with Gasteiger partial charge in [0.1, 0.15) is 18.4 Å². The molecule has 0 N–H and O–H groups in total. The number of para-hydroxylation sites is 1. The summed E-state index contributed by atoms with van der Waals surface area (Å²) in [6.07, 6.45) is 0. The van der Waals surface area contributed by atoms with E-state index in [9.17, 15) is 0 Å². The van der Waals surface area contributed by atoms with Gasteiger partial charge in [0.2, 0.25) is 0 Å². The first-order chi connectivity index (χ1) is 10.3. The van der Waals surface area contributed by atoms with Gasteiger partial charge >= 0.3 is 0 Å². The number of hydrogen-bond acceptors (Lipinski definition) is 5. The Kier molecular flexibility index (Phi) is 8.86. The van der Waals surface area contributed by atoms with Crippen LogP contribution in [0.2, 0.25) is 0 Å². The average molecular weight is 326 g/mol. The molecule has 0 saturated carbocycles. The van der Waals surface area contributed by atoms with Crippen LogP contribution in [0.4, 0.5) is 0 Å². The first-order valence-electron chi connectivity index (χ1n) is 7.40. The van der Waals surface area contributed by atoms with Crippen LogP contribution in [-0.4, -0.2) is 69.4 Å². The molecule has 0 spiro atoms. The van der Waals surface area contributed by atoms with Crippen molar-refractivity contribution in [1.82, 2.24) is 9.80 Å². The zero-order valence-corrected chi connectivity index (χ0v) is 13.8. The largest absolute Gasteiger partial charge is 0.490 e. The lowest BCUT2D eigenvalue weighted by Gasteiger charge is -2.32. The Labute approximate surface area is 138 Å². The smallest absolute Gasteiger partial charge is 0.137 e. The number of piperazine rings is 1. The lowest BCUT2D eigenvalue weighted by Crippen LogP contribution is -2.45. The third-order valence-electron chi connectivity index (χ3n) is 3.64. The van der Waals surface area contributed by atoms with E-state index in [1.165, 1.54) is 0 Å². The van der Waals surface area contributed by atoms with Crippen molar-refractivity contribution in [2.24, 2.45) is 0 Å². The third kappa shape index (κ3) is 6.20. The van der Waals surface area contributed by atoms with Crippen LogP contribution < -0.4 is 4.74 Å². The number of ether oxygens (including phenoxy) is 2. The molecule has 6 heteroatoms. The van der Waals surface area contributed by atoms with Crippen molar-refractivity contribution in [2.45, 2.75) is 0 Å². The van der Waals surface area contributed by atoms with Crippen LogP contribution in [0.5, 0.6) is 5.75 Å². The minimum atomic E-state index is 0. The van der Waals surface area contributed by atoms with Gasteiger partial charge in [0.25, 0.3) is 0 Å². The molecule has 1 heterocycles. The van der Waals surface area contributed by atoms with Gasteiger partial charge in [0, 0.05) is 32.7 Å². The summed E-state index contributed by atoms with van der Waals surface area (Å²) in [6.45, 7) is 7.23. The van der Waals surface area contributed by atoms with E-state index in [-0.39, 0.29) is 12.4 Å². The Balaban J connectivity index is 0.00000242. The van der Waals surface area contributed by atoms with Gasteiger partial charge in [-0.1, -0.05) is 12.1 Å².